The lowest BCUT2D eigenvalue weighted by Crippen LogP contribution is -2.20. The predicted molar refractivity (Wildman–Crippen MR) is 163 cm³/mol. The third-order valence-corrected chi connectivity index (χ3v) is 7.14. The first-order valence-electron chi connectivity index (χ1n) is 13.7. The van der Waals surface area contributed by atoms with E-state index in [1.54, 1.807) is 10.6 Å². The molecule has 0 saturated heterocycles. The summed E-state index contributed by atoms with van der Waals surface area (Å²) in [6.07, 6.45) is 12.6. The summed E-state index contributed by atoms with van der Waals surface area (Å²) in [6.45, 7) is 4.69. The molecule has 3 aromatic carbocycles. The first-order valence-corrected chi connectivity index (χ1v) is 13.7. The Morgan fingerprint density at radius 3 is 2.55 bits per heavy atom. The van der Waals surface area contributed by atoms with Crippen molar-refractivity contribution in [2.75, 3.05) is 6.61 Å². The number of hydrogen-bond donors (Lipinski definition) is 0. The number of rotatable bonds is 8. The Labute approximate surface area is 235 Å². The van der Waals surface area contributed by atoms with Gasteiger partial charge < -0.3 is 4.74 Å². The third kappa shape index (κ3) is 6.06. The van der Waals surface area contributed by atoms with Crippen LogP contribution in [0.5, 0.6) is 5.75 Å². The van der Waals surface area contributed by atoms with Crippen molar-refractivity contribution in [2.45, 2.75) is 33.1 Å². The van der Waals surface area contributed by atoms with Crippen LogP contribution >= 0.6 is 0 Å². The molecule has 4 heteroatoms. The molecule has 0 amide bonds. The molecule has 0 radical (unpaired) electrons. The highest BCUT2D eigenvalue weighted by Gasteiger charge is 2.16. The normalized spacial score (nSPS) is 12.7. The standard InChI is InChI=1S/C36H32N2O2/c1-3-27-12-9-14-32(17-16-27)38-25-31(34-15-8-7-13-29(34)24-37)23-35(36(38)39)30-20-26(2)21-33(22-30)40-19-18-28-10-5-4-6-11-28/h4-15,17,20-23,25H,3,16,18-19H2,1-2H3. The van der Waals surface area contributed by atoms with E-state index >= 15 is 0 Å². The van der Waals surface area contributed by atoms with Crippen molar-refractivity contribution in [1.29, 1.82) is 5.26 Å². The van der Waals surface area contributed by atoms with Crippen molar-refractivity contribution in [2.24, 2.45) is 0 Å². The van der Waals surface area contributed by atoms with Crippen molar-refractivity contribution in [3.05, 3.63) is 142 Å². The Hall–Kier alpha value is -4.88. The maximum absolute atomic E-state index is 14.1. The second-order valence-corrected chi connectivity index (χ2v) is 9.96. The zero-order valence-electron chi connectivity index (χ0n) is 22.9. The number of ether oxygens (including phenoxy) is 1. The van der Waals surface area contributed by atoms with E-state index in [4.69, 9.17) is 4.74 Å². The van der Waals surface area contributed by atoms with E-state index in [9.17, 15) is 10.1 Å². The van der Waals surface area contributed by atoms with E-state index in [1.165, 1.54) is 11.1 Å². The van der Waals surface area contributed by atoms with Crippen LogP contribution < -0.4 is 10.3 Å². The van der Waals surface area contributed by atoms with E-state index in [1.807, 2.05) is 85.9 Å². The fourth-order valence-corrected chi connectivity index (χ4v) is 4.97. The molecule has 4 nitrogen and oxygen atoms in total. The van der Waals surface area contributed by atoms with Gasteiger partial charge in [0.15, 0.2) is 0 Å². The molecule has 5 rings (SSSR count). The summed E-state index contributed by atoms with van der Waals surface area (Å²) < 4.78 is 7.86. The van der Waals surface area contributed by atoms with Gasteiger partial charge in [0, 0.05) is 35.0 Å². The van der Waals surface area contributed by atoms with Crippen LogP contribution in [-0.4, -0.2) is 11.2 Å². The van der Waals surface area contributed by atoms with Crippen LogP contribution in [0, 0.1) is 18.3 Å². The average molecular weight is 525 g/mol. The lowest BCUT2D eigenvalue weighted by molar-refractivity contribution is 0.322. The molecule has 0 saturated carbocycles. The Morgan fingerprint density at radius 2 is 1.75 bits per heavy atom. The number of benzene rings is 3. The Balaban J connectivity index is 1.59. The van der Waals surface area contributed by atoms with Gasteiger partial charge in [0.25, 0.3) is 5.56 Å². The van der Waals surface area contributed by atoms with Crippen LogP contribution in [-0.2, 0) is 6.42 Å². The van der Waals surface area contributed by atoms with Crippen LogP contribution in [0.1, 0.15) is 36.5 Å². The van der Waals surface area contributed by atoms with Crippen molar-refractivity contribution in [3.8, 4) is 34.1 Å². The molecule has 0 atom stereocenters. The van der Waals surface area contributed by atoms with E-state index in [2.05, 4.69) is 37.3 Å². The summed E-state index contributed by atoms with van der Waals surface area (Å²) in [5.74, 6) is 0.727. The maximum Gasteiger partial charge on any atom is 0.262 e. The lowest BCUT2D eigenvalue weighted by Gasteiger charge is -2.15. The molecule has 40 heavy (non-hydrogen) atoms. The van der Waals surface area contributed by atoms with Gasteiger partial charge >= 0.3 is 0 Å². The molecule has 1 heterocycles. The number of aryl methyl sites for hydroxylation is 1. The van der Waals surface area contributed by atoms with Crippen LogP contribution in [0.25, 0.3) is 28.0 Å². The molecule has 0 spiro atoms. The average Bonchev–Trinajstić information content (AvgIpc) is 3.23. The number of hydrogen-bond acceptors (Lipinski definition) is 3. The number of aromatic nitrogens is 1. The second-order valence-electron chi connectivity index (χ2n) is 9.96. The SMILES string of the molecule is CCC1=CC=CC(n2cc(-c3ccccc3C#N)cc(-c3cc(C)cc(OCCc4ccccc4)c3)c2=O)=CC1. The van der Waals surface area contributed by atoms with Crippen LogP contribution in [0.3, 0.4) is 0 Å². The maximum atomic E-state index is 14.1. The first kappa shape index (κ1) is 26.7. The molecule has 0 N–H and O–H groups in total. The highest BCUT2D eigenvalue weighted by molar-refractivity contribution is 5.78. The number of nitrogens with zero attached hydrogens (tertiary/aromatic N) is 2. The number of allylic oxidation sites excluding steroid dienone is 6. The molecule has 0 fully saturated rings. The van der Waals surface area contributed by atoms with Crippen molar-refractivity contribution < 1.29 is 4.74 Å². The van der Waals surface area contributed by atoms with Crippen LogP contribution in [0.2, 0.25) is 0 Å². The smallest absolute Gasteiger partial charge is 0.262 e. The zero-order valence-corrected chi connectivity index (χ0v) is 22.9. The van der Waals surface area contributed by atoms with Gasteiger partial charge in [-0.15, -0.1) is 0 Å². The molecule has 1 aromatic heterocycles. The Morgan fingerprint density at radius 1 is 0.950 bits per heavy atom. The Kier molecular flexibility index (Phi) is 8.23. The Bertz CT molecular complexity index is 1720. The third-order valence-electron chi connectivity index (χ3n) is 7.14. The van der Waals surface area contributed by atoms with Gasteiger partial charge in [-0.3, -0.25) is 9.36 Å². The summed E-state index contributed by atoms with van der Waals surface area (Å²) in [6, 6.07) is 27.9. The molecule has 0 unspecified atom stereocenters. The largest absolute Gasteiger partial charge is 0.493 e. The summed E-state index contributed by atoms with van der Waals surface area (Å²) in [4.78, 5) is 14.1. The van der Waals surface area contributed by atoms with Gasteiger partial charge in [0.1, 0.15) is 5.75 Å². The van der Waals surface area contributed by atoms with E-state index in [0.29, 0.717) is 17.7 Å². The van der Waals surface area contributed by atoms with E-state index in [-0.39, 0.29) is 5.56 Å². The van der Waals surface area contributed by atoms with Crippen LogP contribution in [0.15, 0.2) is 120 Å². The topological polar surface area (TPSA) is 55.0 Å². The predicted octanol–water partition coefficient (Wildman–Crippen LogP) is 8.12. The van der Waals surface area contributed by atoms with Gasteiger partial charge in [-0.05, 0) is 66.8 Å². The summed E-state index contributed by atoms with van der Waals surface area (Å²) in [7, 11) is 0. The molecule has 0 bridgehead atoms. The molecule has 1 aliphatic rings. The van der Waals surface area contributed by atoms with Crippen molar-refractivity contribution >= 4 is 5.70 Å². The second kappa shape index (κ2) is 12.3. The number of pyridine rings is 1. The van der Waals surface area contributed by atoms with E-state index in [0.717, 1.165) is 53.0 Å². The molecular formula is C36H32N2O2. The lowest BCUT2D eigenvalue weighted by atomic mass is 9.97. The quantitative estimate of drug-likeness (QED) is 0.234. The minimum Gasteiger partial charge on any atom is -0.493 e. The fraction of sp³-hybridized carbons (Fsp3) is 0.167. The van der Waals surface area contributed by atoms with Gasteiger partial charge in [-0.2, -0.15) is 5.26 Å². The van der Waals surface area contributed by atoms with Gasteiger partial charge in [-0.1, -0.05) is 85.3 Å². The first-order chi connectivity index (χ1) is 19.6. The van der Waals surface area contributed by atoms with Gasteiger partial charge in [0.2, 0.25) is 0 Å². The fourth-order valence-electron chi connectivity index (χ4n) is 4.97. The van der Waals surface area contributed by atoms with Crippen molar-refractivity contribution in [3.63, 3.8) is 0 Å². The summed E-state index contributed by atoms with van der Waals surface area (Å²) in [5, 5.41) is 9.81. The zero-order chi connectivity index (χ0) is 27.9. The molecule has 1 aliphatic carbocycles. The monoisotopic (exact) mass is 524 g/mol. The van der Waals surface area contributed by atoms with Gasteiger partial charge in [-0.25, -0.2) is 0 Å². The summed E-state index contributed by atoms with van der Waals surface area (Å²) >= 11 is 0. The number of nitriles is 1. The van der Waals surface area contributed by atoms with Gasteiger partial charge in [0.05, 0.1) is 18.2 Å². The minimum atomic E-state index is -0.116. The van der Waals surface area contributed by atoms with E-state index < -0.39 is 0 Å². The molecule has 198 valence electrons. The molecule has 0 aliphatic heterocycles. The highest BCUT2D eigenvalue weighted by atomic mass is 16.5. The minimum absolute atomic E-state index is 0.116. The molecular weight excluding hydrogens is 492 g/mol. The highest BCUT2D eigenvalue weighted by Crippen LogP contribution is 2.30. The summed E-state index contributed by atoms with van der Waals surface area (Å²) in [5.41, 5.74) is 7.73. The molecule has 4 aromatic rings. The van der Waals surface area contributed by atoms with Crippen molar-refractivity contribution in [1.82, 2.24) is 4.57 Å². The van der Waals surface area contributed by atoms with Crippen LogP contribution in [0.4, 0.5) is 0 Å².